The Bertz CT molecular complexity index is 608. The molecule has 3 rings (SSSR count). The summed E-state index contributed by atoms with van der Waals surface area (Å²) >= 11 is 3.53. The van der Waals surface area contributed by atoms with E-state index in [0.29, 0.717) is 0 Å². The summed E-state index contributed by atoms with van der Waals surface area (Å²) in [5.74, 6) is 0.864. The van der Waals surface area contributed by atoms with Crippen LogP contribution < -0.4 is 10.5 Å². The third-order valence-electron chi connectivity index (χ3n) is 4.26. The summed E-state index contributed by atoms with van der Waals surface area (Å²) in [5, 5.41) is 0. The second-order valence-corrected chi connectivity index (χ2v) is 6.30. The molecule has 1 unspecified atom stereocenters. The molecule has 0 aliphatic heterocycles. The number of ether oxygens (including phenoxy) is 1. The lowest BCUT2D eigenvalue weighted by molar-refractivity contribution is 0.398. The van der Waals surface area contributed by atoms with Gasteiger partial charge in [0.25, 0.3) is 0 Å². The van der Waals surface area contributed by atoms with Gasteiger partial charge in [-0.05, 0) is 36.6 Å². The lowest BCUT2D eigenvalue weighted by atomic mass is 9.84. The van der Waals surface area contributed by atoms with Crippen molar-refractivity contribution in [3.63, 3.8) is 0 Å². The predicted molar refractivity (Wildman–Crippen MR) is 85.0 cm³/mol. The fourth-order valence-corrected chi connectivity index (χ4v) is 3.31. The first-order valence-electron chi connectivity index (χ1n) is 6.82. The topological polar surface area (TPSA) is 35.2 Å². The first-order chi connectivity index (χ1) is 9.67. The molecule has 0 saturated heterocycles. The summed E-state index contributed by atoms with van der Waals surface area (Å²) in [6, 6.07) is 16.6. The van der Waals surface area contributed by atoms with E-state index >= 15 is 0 Å². The van der Waals surface area contributed by atoms with Crippen molar-refractivity contribution in [2.45, 2.75) is 24.3 Å². The fraction of sp³-hybridized carbons (Fsp3) is 0.294. The molecule has 1 saturated carbocycles. The van der Waals surface area contributed by atoms with Crippen molar-refractivity contribution in [2.75, 3.05) is 7.11 Å². The van der Waals surface area contributed by atoms with Gasteiger partial charge in [0.1, 0.15) is 5.75 Å². The van der Waals surface area contributed by atoms with E-state index in [4.69, 9.17) is 10.5 Å². The Morgan fingerprint density at radius 2 is 1.85 bits per heavy atom. The van der Waals surface area contributed by atoms with E-state index in [-0.39, 0.29) is 11.5 Å². The summed E-state index contributed by atoms with van der Waals surface area (Å²) < 4.78 is 6.51. The summed E-state index contributed by atoms with van der Waals surface area (Å²) in [6.07, 6.45) is 2.27. The maximum absolute atomic E-state index is 6.61. The molecule has 0 heterocycles. The van der Waals surface area contributed by atoms with Crippen LogP contribution in [0.2, 0.25) is 0 Å². The molecule has 0 radical (unpaired) electrons. The van der Waals surface area contributed by atoms with Crippen LogP contribution in [-0.4, -0.2) is 7.11 Å². The molecule has 20 heavy (non-hydrogen) atoms. The first kappa shape index (κ1) is 13.7. The Morgan fingerprint density at radius 1 is 1.15 bits per heavy atom. The van der Waals surface area contributed by atoms with Gasteiger partial charge in [-0.1, -0.05) is 46.3 Å². The molecule has 1 fully saturated rings. The van der Waals surface area contributed by atoms with Crippen molar-refractivity contribution < 1.29 is 4.74 Å². The van der Waals surface area contributed by atoms with Crippen molar-refractivity contribution in [1.29, 1.82) is 0 Å². The SMILES string of the molecule is COc1ccc(Br)cc1C(N)C1(c2ccccc2)CC1. The van der Waals surface area contributed by atoms with Crippen LogP contribution in [0.1, 0.15) is 30.0 Å². The molecule has 0 bridgehead atoms. The van der Waals surface area contributed by atoms with Crippen molar-refractivity contribution >= 4 is 15.9 Å². The van der Waals surface area contributed by atoms with Gasteiger partial charge in [-0.2, -0.15) is 0 Å². The number of benzene rings is 2. The van der Waals surface area contributed by atoms with Gasteiger partial charge in [0, 0.05) is 21.5 Å². The van der Waals surface area contributed by atoms with E-state index in [1.807, 2.05) is 18.2 Å². The molecule has 2 aromatic carbocycles. The smallest absolute Gasteiger partial charge is 0.123 e. The zero-order valence-electron chi connectivity index (χ0n) is 11.5. The molecular weight excluding hydrogens is 314 g/mol. The molecular formula is C17H18BrNO. The van der Waals surface area contributed by atoms with Crippen molar-refractivity contribution in [1.82, 2.24) is 0 Å². The molecule has 3 heteroatoms. The highest BCUT2D eigenvalue weighted by Gasteiger charge is 2.50. The number of rotatable bonds is 4. The fourth-order valence-electron chi connectivity index (χ4n) is 2.93. The average Bonchev–Trinajstić information content (AvgIpc) is 3.29. The summed E-state index contributed by atoms with van der Waals surface area (Å²) in [7, 11) is 1.70. The van der Waals surface area contributed by atoms with E-state index < -0.39 is 0 Å². The van der Waals surface area contributed by atoms with Crippen molar-refractivity contribution in [3.05, 3.63) is 64.1 Å². The summed E-state index contributed by atoms with van der Waals surface area (Å²) in [4.78, 5) is 0. The molecule has 104 valence electrons. The van der Waals surface area contributed by atoms with Crippen LogP contribution in [0.15, 0.2) is 53.0 Å². The Labute approximate surface area is 128 Å². The number of halogens is 1. The van der Waals surface area contributed by atoms with Crippen LogP contribution in [0.5, 0.6) is 5.75 Å². The van der Waals surface area contributed by atoms with E-state index in [0.717, 1.165) is 28.6 Å². The number of hydrogen-bond acceptors (Lipinski definition) is 2. The molecule has 1 aliphatic carbocycles. The summed E-state index contributed by atoms with van der Waals surface area (Å²) in [5.41, 5.74) is 9.08. The van der Waals surface area contributed by atoms with Crippen LogP contribution in [0, 0.1) is 0 Å². The normalized spacial score (nSPS) is 17.6. The lowest BCUT2D eigenvalue weighted by Gasteiger charge is -2.26. The highest BCUT2D eigenvalue weighted by molar-refractivity contribution is 9.10. The van der Waals surface area contributed by atoms with E-state index in [2.05, 4.69) is 46.3 Å². The predicted octanol–water partition coefficient (Wildman–Crippen LogP) is 4.19. The zero-order chi connectivity index (χ0) is 14.2. The zero-order valence-corrected chi connectivity index (χ0v) is 13.1. The van der Waals surface area contributed by atoms with E-state index in [1.165, 1.54) is 5.56 Å². The molecule has 1 atom stereocenters. The Kier molecular flexibility index (Phi) is 3.57. The van der Waals surface area contributed by atoms with Gasteiger partial charge in [0.05, 0.1) is 7.11 Å². The third kappa shape index (κ3) is 2.25. The molecule has 0 aromatic heterocycles. The maximum Gasteiger partial charge on any atom is 0.123 e. The number of hydrogen-bond donors (Lipinski definition) is 1. The molecule has 2 nitrogen and oxygen atoms in total. The highest BCUT2D eigenvalue weighted by Crippen LogP contribution is 2.56. The Hall–Kier alpha value is -1.32. The lowest BCUT2D eigenvalue weighted by Crippen LogP contribution is -2.26. The van der Waals surface area contributed by atoms with Gasteiger partial charge >= 0.3 is 0 Å². The third-order valence-corrected chi connectivity index (χ3v) is 4.75. The van der Waals surface area contributed by atoms with Crippen LogP contribution in [-0.2, 0) is 5.41 Å². The minimum atomic E-state index is -0.0441. The molecule has 0 amide bonds. The van der Waals surface area contributed by atoms with Gasteiger partial charge < -0.3 is 10.5 Å². The minimum absolute atomic E-state index is 0.0441. The van der Waals surface area contributed by atoms with E-state index in [9.17, 15) is 0 Å². The largest absolute Gasteiger partial charge is 0.496 e. The van der Waals surface area contributed by atoms with Crippen LogP contribution in [0.25, 0.3) is 0 Å². The van der Waals surface area contributed by atoms with Gasteiger partial charge in [0.2, 0.25) is 0 Å². The van der Waals surface area contributed by atoms with Gasteiger partial charge in [-0.25, -0.2) is 0 Å². The Morgan fingerprint density at radius 3 is 2.45 bits per heavy atom. The van der Waals surface area contributed by atoms with Gasteiger partial charge in [0.15, 0.2) is 0 Å². The van der Waals surface area contributed by atoms with E-state index in [1.54, 1.807) is 7.11 Å². The van der Waals surface area contributed by atoms with Crippen molar-refractivity contribution in [3.8, 4) is 5.75 Å². The Balaban J connectivity index is 2.01. The monoisotopic (exact) mass is 331 g/mol. The molecule has 1 aliphatic rings. The number of nitrogens with two attached hydrogens (primary N) is 1. The molecule has 2 aromatic rings. The minimum Gasteiger partial charge on any atom is -0.496 e. The molecule has 0 spiro atoms. The van der Waals surface area contributed by atoms with Crippen molar-refractivity contribution in [2.24, 2.45) is 5.73 Å². The highest BCUT2D eigenvalue weighted by atomic mass is 79.9. The van der Waals surface area contributed by atoms with Gasteiger partial charge in [-0.15, -0.1) is 0 Å². The summed E-state index contributed by atoms with van der Waals surface area (Å²) in [6.45, 7) is 0. The standard InChI is InChI=1S/C17H18BrNO/c1-20-15-8-7-13(18)11-14(15)16(19)17(9-10-17)12-5-3-2-4-6-12/h2-8,11,16H,9-10,19H2,1H3. The number of methoxy groups -OCH3 is 1. The molecule has 2 N–H and O–H groups in total. The second kappa shape index (κ2) is 5.23. The van der Waals surface area contributed by atoms with Gasteiger partial charge in [-0.3, -0.25) is 0 Å². The second-order valence-electron chi connectivity index (χ2n) is 5.39. The van der Waals surface area contributed by atoms with Crippen LogP contribution in [0.3, 0.4) is 0 Å². The van der Waals surface area contributed by atoms with Crippen LogP contribution >= 0.6 is 15.9 Å². The maximum atomic E-state index is 6.61. The first-order valence-corrected chi connectivity index (χ1v) is 7.61. The average molecular weight is 332 g/mol. The quantitative estimate of drug-likeness (QED) is 0.911. The van der Waals surface area contributed by atoms with Crippen LogP contribution in [0.4, 0.5) is 0 Å².